The summed E-state index contributed by atoms with van der Waals surface area (Å²) in [7, 11) is 0. The summed E-state index contributed by atoms with van der Waals surface area (Å²) in [6.07, 6.45) is 0. The summed E-state index contributed by atoms with van der Waals surface area (Å²) in [5.41, 5.74) is 0. The Kier molecular flexibility index (Phi) is 91.5. The predicted octanol–water partition coefficient (Wildman–Crippen LogP) is -0.240. The molecule has 0 aliphatic rings. The van der Waals surface area contributed by atoms with E-state index in [1.54, 1.807) is 0 Å². The van der Waals surface area contributed by atoms with Crippen molar-refractivity contribution in [2.24, 2.45) is 0 Å². The van der Waals surface area contributed by atoms with Crippen LogP contribution in [0, 0.1) is 79.8 Å². The van der Waals surface area contributed by atoms with Crippen LogP contribution in [-0.2, 0) is 20.5 Å². The first-order valence-corrected chi connectivity index (χ1v) is 1.60. The zero-order chi connectivity index (χ0) is 4.00. The molecule has 0 radical (unpaired) electrons. The molecule has 0 aliphatic heterocycles. The average molecular weight is 388 g/mol. The van der Waals surface area contributed by atoms with Crippen molar-refractivity contribution in [3.8, 4) is 0 Å². The number of hydrogen-bond donors (Lipinski definition) is 0. The molecule has 0 aromatic carbocycles. The molecule has 0 saturated carbocycles. The van der Waals surface area contributed by atoms with E-state index in [1.165, 1.54) is 0 Å². The van der Waals surface area contributed by atoms with E-state index in [4.69, 9.17) is 5.06 Å². The average Bonchev–Trinajstić information content (AvgIpc) is 1.50. The zero-order valence-corrected chi connectivity index (χ0v) is 8.38. The van der Waals surface area contributed by atoms with Crippen LogP contribution in [0.25, 0.3) is 0 Å². The Balaban J connectivity index is -0.0000000133. The molecule has 0 N–H and O–H groups in total. The first-order valence-electron chi connectivity index (χ1n) is 0.273. The Labute approximate surface area is 97.5 Å². The third-order valence-corrected chi connectivity index (χ3v) is 0. The maximum atomic E-state index is 8.28. The molecule has 0 bridgehead atoms. The molecule has 0 heterocycles. The SMILES string of the molecule is [Ce].[O]=[Gd].[O]=[Ni]. The molecular weight excluding hydrogens is 388 g/mol. The van der Waals surface area contributed by atoms with Crippen molar-refractivity contribution in [1.82, 2.24) is 0 Å². The second-order valence-electron chi connectivity index (χ2n) is 0. The van der Waals surface area contributed by atoms with Gasteiger partial charge >= 0.3 is 58.5 Å². The van der Waals surface area contributed by atoms with Crippen molar-refractivity contribution in [1.29, 1.82) is 0 Å². The minimum atomic E-state index is 0. The van der Waals surface area contributed by atoms with Gasteiger partial charge in [-0.25, -0.2) is 0 Å². The van der Waals surface area contributed by atoms with E-state index in [1.807, 2.05) is 0 Å². The quantitative estimate of drug-likeness (QED) is 0.537. The van der Waals surface area contributed by atoms with Crippen LogP contribution in [-0.4, -0.2) is 0 Å². The molecule has 34 valence electrons. The second-order valence-corrected chi connectivity index (χ2v) is 0. The van der Waals surface area contributed by atoms with Gasteiger partial charge in [-0.1, -0.05) is 0 Å². The molecule has 2 nitrogen and oxygen atoms in total. The van der Waals surface area contributed by atoms with Gasteiger partial charge in [0.2, 0.25) is 0 Å². The van der Waals surface area contributed by atoms with Crippen LogP contribution in [0.3, 0.4) is 0 Å². The third-order valence-electron chi connectivity index (χ3n) is 0. The first kappa shape index (κ1) is 15.7. The van der Waals surface area contributed by atoms with E-state index >= 15 is 0 Å². The van der Waals surface area contributed by atoms with Gasteiger partial charge in [-0.15, -0.1) is 0 Å². The summed E-state index contributed by atoms with van der Waals surface area (Å²) >= 11 is 3.24. The van der Waals surface area contributed by atoms with Gasteiger partial charge in [0, 0.05) is 41.7 Å². The number of hydrogen-bond acceptors (Lipinski definition) is 2. The molecule has 5 heteroatoms. The molecule has 0 fully saturated rings. The van der Waals surface area contributed by atoms with Crippen LogP contribution < -0.4 is 0 Å². The normalized spacial score (nSPS) is 2.20. The van der Waals surface area contributed by atoms with Crippen molar-refractivity contribution >= 4 is 0 Å². The molecule has 0 spiro atoms. The van der Waals surface area contributed by atoms with Crippen molar-refractivity contribution in [2.75, 3.05) is 0 Å². The summed E-state index contributed by atoms with van der Waals surface area (Å²) in [6, 6.07) is 0. The minimum absolute atomic E-state index is 0. The van der Waals surface area contributed by atoms with Gasteiger partial charge in [-0.2, -0.15) is 0 Å². The van der Waals surface area contributed by atoms with E-state index < -0.39 is 0 Å². The van der Waals surface area contributed by atoms with Crippen molar-refractivity contribution in [3.63, 3.8) is 0 Å². The van der Waals surface area contributed by atoms with Crippen LogP contribution in [0.5, 0.6) is 0 Å². The fraction of sp³-hybridized carbons (Fsp3) is 0. The van der Waals surface area contributed by atoms with Crippen LogP contribution in [0.15, 0.2) is 0 Å². The molecule has 0 atom stereocenters. The summed E-state index contributed by atoms with van der Waals surface area (Å²) in [4.78, 5) is 0. The summed E-state index contributed by atoms with van der Waals surface area (Å²) in [5, 5.41) is 0. The van der Waals surface area contributed by atoms with E-state index in [0.29, 0.717) is 38.0 Å². The van der Waals surface area contributed by atoms with Gasteiger partial charge in [0.05, 0.1) is 0 Å². The Morgan fingerprint density at radius 1 is 1.20 bits per heavy atom. The van der Waals surface area contributed by atoms with Crippen molar-refractivity contribution in [3.05, 3.63) is 0 Å². The Hall–Kier alpha value is 2.79. The van der Waals surface area contributed by atoms with E-state index in [-0.39, 0.29) is 41.7 Å². The summed E-state index contributed by atoms with van der Waals surface area (Å²) in [5.74, 6) is 0. The molecule has 0 saturated heterocycles. The molecule has 0 unspecified atom stereocenters. The maximum absolute atomic E-state index is 8.28. The molecule has 0 aromatic heterocycles. The molecule has 0 aromatic rings. The summed E-state index contributed by atoms with van der Waals surface area (Å²) < 4.78 is 16.2. The monoisotopic (exact) mass is 388 g/mol. The van der Waals surface area contributed by atoms with Crippen LogP contribution in [0.2, 0.25) is 0 Å². The molecule has 0 aliphatic carbocycles. The Morgan fingerprint density at radius 2 is 1.20 bits per heavy atom. The fourth-order valence-electron chi connectivity index (χ4n) is 0. The standard InChI is InChI=1S/Ce.Gd.Ni.2O. The third kappa shape index (κ3) is 20.0. The van der Waals surface area contributed by atoms with Gasteiger partial charge < -0.3 is 0 Å². The van der Waals surface area contributed by atoms with Gasteiger partial charge in [0.15, 0.2) is 0 Å². The topological polar surface area (TPSA) is 34.1 Å². The Bertz CT molecular complexity index is 11.6. The number of rotatable bonds is 0. The van der Waals surface area contributed by atoms with E-state index in [0.717, 1.165) is 0 Å². The predicted molar refractivity (Wildman–Crippen MR) is 1.37 cm³/mol. The van der Waals surface area contributed by atoms with Crippen molar-refractivity contribution in [2.45, 2.75) is 0 Å². The van der Waals surface area contributed by atoms with Gasteiger partial charge in [-0.3, -0.25) is 0 Å². The molecule has 0 amide bonds. The summed E-state index contributed by atoms with van der Waals surface area (Å²) in [6.45, 7) is 0. The van der Waals surface area contributed by atoms with Crippen LogP contribution in [0.4, 0.5) is 0 Å². The van der Waals surface area contributed by atoms with E-state index in [9.17, 15) is 0 Å². The van der Waals surface area contributed by atoms with E-state index in [2.05, 4.69) is 15.4 Å². The molecule has 0 rings (SSSR count). The van der Waals surface area contributed by atoms with Gasteiger partial charge in [0.1, 0.15) is 0 Å². The second kappa shape index (κ2) is 29.2. The van der Waals surface area contributed by atoms with Crippen LogP contribution >= 0.6 is 0 Å². The molecular formula is CeGdNiO2. The van der Waals surface area contributed by atoms with Crippen LogP contribution in [0.1, 0.15) is 0 Å². The first-order chi connectivity index (χ1) is 2.00. The van der Waals surface area contributed by atoms with Gasteiger partial charge in [0.25, 0.3) is 0 Å². The zero-order valence-electron chi connectivity index (χ0n) is 1.99. The Morgan fingerprint density at radius 3 is 1.20 bits per heavy atom. The van der Waals surface area contributed by atoms with Gasteiger partial charge in [-0.05, 0) is 0 Å². The molecule has 5 heavy (non-hydrogen) atoms. The fourth-order valence-corrected chi connectivity index (χ4v) is 0. The van der Waals surface area contributed by atoms with Crippen molar-refractivity contribution < 1.29 is 100 Å².